The van der Waals surface area contributed by atoms with Crippen LogP contribution in [-0.2, 0) is 22.5 Å². The molecule has 6 nitrogen and oxygen atoms in total. The number of esters is 1. The molecule has 2 aromatic heterocycles. The van der Waals surface area contributed by atoms with Crippen LogP contribution in [0.2, 0.25) is 0 Å². The van der Waals surface area contributed by atoms with Gasteiger partial charge in [0.25, 0.3) is 0 Å². The molecule has 1 atom stereocenters. The zero-order valence-corrected chi connectivity index (χ0v) is 23.7. The van der Waals surface area contributed by atoms with Gasteiger partial charge in [-0.05, 0) is 87.6 Å². The molecule has 0 spiro atoms. The van der Waals surface area contributed by atoms with E-state index in [2.05, 4.69) is 33.0 Å². The minimum atomic E-state index is -0.364. The van der Waals surface area contributed by atoms with Crippen molar-refractivity contribution in [2.24, 2.45) is 0 Å². The second-order valence-electron chi connectivity index (χ2n) is 11.3. The number of aromatic nitrogens is 1. The summed E-state index contributed by atoms with van der Waals surface area (Å²) >= 11 is 1.45. The quantitative estimate of drug-likeness (QED) is 0.351. The number of carbonyl (C=O) groups excluding carboxylic acids is 2. The van der Waals surface area contributed by atoms with Gasteiger partial charge in [-0.15, -0.1) is 11.3 Å². The number of anilines is 1. The van der Waals surface area contributed by atoms with E-state index in [4.69, 9.17) is 4.74 Å². The van der Waals surface area contributed by atoms with E-state index in [0.717, 1.165) is 42.8 Å². The fourth-order valence-electron chi connectivity index (χ4n) is 7.09. The first-order chi connectivity index (χ1) is 18.5. The van der Waals surface area contributed by atoms with E-state index in [0.29, 0.717) is 29.6 Å². The molecule has 0 bridgehead atoms. The SMILES string of the molecule is CCOC(=O)c1c(NC(=O)CN2CCn3c4c(c5cc(C6CCCCC6)ccc53)CCC[C@H]42)sc(C)c1C. The topological polar surface area (TPSA) is 63.6 Å². The Kier molecular flexibility index (Phi) is 7.08. The van der Waals surface area contributed by atoms with Crippen LogP contribution in [0.3, 0.4) is 0 Å². The largest absolute Gasteiger partial charge is 0.462 e. The van der Waals surface area contributed by atoms with Crippen molar-refractivity contribution in [2.75, 3.05) is 25.0 Å². The Balaban J connectivity index is 1.24. The second kappa shape index (κ2) is 10.5. The van der Waals surface area contributed by atoms with Gasteiger partial charge >= 0.3 is 5.97 Å². The van der Waals surface area contributed by atoms with Crippen molar-refractivity contribution in [3.05, 3.63) is 51.0 Å². The summed E-state index contributed by atoms with van der Waals surface area (Å²) in [4.78, 5) is 29.3. The van der Waals surface area contributed by atoms with E-state index < -0.39 is 0 Å². The maximum atomic E-state index is 13.3. The summed E-state index contributed by atoms with van der Waals surface area (Å²) < 4.78 is 7.81. The number of benzene rings is 1. The van der Waals surface area contributed by atoms with E-state index in [1.807, 2.05) is 13.8 Å². The van der Waals surface area contributed by atoms with Crippen molar-refractivity contribution in [3.8, 4) is 0 Å². The minimum Gasteiger partial charge on any atom is -0.462 e. The normalized spacial score (nSPS) is 19.9. The predicted molar refractivity (Wildman–Crippen MR) is 153 cm³/mol. The van der Waals surface area contributed by atoms with Crippen molar-refractivity contribution >= 4 is 39.1 Å². The lowest BCUT2D eigenvalue weighted by molar-refractivity contribution is -0.118. The number of nitrogens with one attached hydrogen (secondary N) is 1. The number of carbonyl (C=O) groups is 2. The van der Waals surface area contributed by atoms with E-state index in [1.165, 1.54) is 71.2 Å². The Labute approximate surface area is 229 Å². The highest BCUT2D eigenvalue weighted by Gasteiger charge is 2.36. The lowest BCUT2D eigenvalue weighted by Gasteiger charge is -2.39. The fourth-order valence-corrected chi connectivity index (χ4v) is 8.15. The van der Waals surface area contributed by atoms with Gasteiger partial charge in [-0.1, -0.05) is 25.3 Å². The van der Waals surface area contributed by atoms with E-state index in [9.17, 15) is 9.59 Å². The third kappa shape index (κ3) is 4.47. The number of hydrogen-bond acceptors (Lipinski definition) is 5. The van der Waals surface area contributed by atoms with Gasteiger partial charge in [0.1, 0.15) is 5.00 Å². The van der Waals surface area contributed by atoms with Crippen LogP contribution < -0.4 is 5.32 Å². The number of thiophene rings is 1. The average Bonchev–Trinajstić information content (AvgIpc) is 3.39. The van der Waals surface area contributed by atoms with E-state index in [1.54, 1.807) is 6.92 Å². The van der Waals surface area contributed by atoms with Crippen LogP contribution in [0.5, 0.6) is 0 Å². The van der Waals surface area contributed by atoms with Crippen LogP contribution in [0.1, 0.15) is 101 Å². The van der Waals surface area contributed by atoms with Gasteiger partial charge in [0, 0.05) is 34.6 Å². The summed E-state index contributed by atoms with van der Waals surface area (Å²) in [5, 5.41) is 5.11. The molecule has 1 aliphatic heterocycles. The molecule has 6 rings (SSSR count). The average molecular weight is 534 g/mol. The van der Waals surface area contributed by atoms with Crippen LogP contribution in [0.4, 0.5) is 5.00 Å². The lowest BCUT2D eigenvalue weighted by Crippen LogP contribution is -2.43. The van der Waals surface area contributed by atoms with Crippen molar-refractivity contribution in [3.63, 3.8) is 0 Å². The molecule has 38 heavy (non-hydrogen) atoms. The molecule has 3 aromatic rings. The number of amides is 1. The molecule has 0 unspecified atom stereocenters. The first-order valence-corrected chi connectivity index (χ1v) is 15.2. The molecule has 3 aliphatic rings. The van der Waals surface area contributed by atoms with Crippen molar-refractivity contribution < 1.29 is 14.3 Å². The number of nitrogens with zero attached hydrogens (tertiary/aromatic N) is 2. The Bertz CT molecular complexity index is 1380. The van der Waals surface area contributed by atoms with Gasteiger partial charge in [0.15, 0.2) is 0 Å². The number of hydrogen-bond donors (Lipinski definition) is 1. The molecule has 0 saturated heterocycles. The number of rotatable bonds is 6. The lowest BCUT2D eigenvalue weighted by atomic mass is 9.83. The molecule has 1 N–H and O–H groups in total. The Morgan fingerprint density at radius 1 is 1.08 bits per heavy atom. The third-order valence-electron chi connectivity index (χ3n) is 9.05. The number of ether oxygens (including phenoxy) is 1. The second-order valence-corrected chi connectivity index (χ2v) is 12.5. The zero-order valence-electron chi connectivity index (χ0n) is 22.9. The van der Waals surface area contributed by atoms with Gasteiger partial charge in [0.05, 0.1) is 24.8 Å². The van der Waals surface area contributed by atoms with Crippen LogP contribution in [0, 0.1) is 13.8 Å². The summed E-state index contributed by atoms with van der Waals surface area (Å²) in [7, 11) is 0. The van der Waals surface area contributed by atoms with Crippen LogP contribution >= 0.6 is 11.3 Å². The molecule has 202 valence electrons. The molecule has 1 amide bonds. The van der Waals surface area contributed by atoms with Gasteiger partial charge in [-0.3, -0.25) is 9.69 Å². The van der Waals surface area contributed by atoms with Gasteiger partial charge in [-0.25, -0.2) is 4.79 Å². The third-order valence-corrected chi connectivity index (χ3v) is 10.2. The molecular weight excluding hydrogens is 494 g/mol. The smallest absolute Gasteiger partial charge is 0.341 e. The highest BCUT2D eigenvalue weighted by Crippen LogP contribution is 2.44. The van der Waals surface area contributed by atoms with Crippen molar-refractivity contribution in [1.29, 1.82) is 0 Å². The van der Waals surface area contributed by atoms with Crippen LogP contribution in [0.15, 0.2) is 18.2 Å². The van der Waals surface area contributed by atoms with E-state index in [-0.39, 0.29) is 17.9 Å². The van der Waals surface area contributed by atoms with Gasteiger partial charge in [0.2, 0.25) is 5.91 Å². The molecule has 1 fully saturated rings. The highest BCUT2D eigenvalue weighted by atomic mass is 32.1. The zero-order chi connectivity index (χ0) is 26.4. The first-order valence-electron chi connectivity index (χ1n) is 14.4. The summed E-state index contributed by atoms with van der Waals surface area (Å²) in [6.07, 6.45) is 10.1. The minimum absolute atomic E-state index is 0.0620. The Morgan fingerprint density at radius 3 is 2.68 bits per heavy atom. The molecule has 7 heteroatoms. The summed E-state index contributed by atoms with van der Waals surface area (Å²) in [6.45, 7) is 8.10. The highest BCUT2D eigenvalue weighted by molar-refractivity contribution is 7.16. The summed E-state index contributed by atoms with van der Waals surface area (Å²) in [6, 6.07) is 7.52. The van der Waals surface area contributed by atoms with Gasteiger partial charge in [-0.2, -0.15) is 0 Å². The molecule has 0 radical (unpaired) electrons. The monoisotopic (exact) mass is 533 g/mol. The summed E-state index contributed by atoms with van der Waals surface area (Å²) in [5.41, 5.74) is 7.21. The first kappa shape index (κ1) is 25.6. The maximum Gasteiger partial charge on any atom is 0.341 e. The van der Waals surface area contributed by atoms with Crippen LogP contribution in [0.25, 0.3) is 10.9 Å². The standard InChI is InChI=1S/C31H39N3O3S/c1-4-37-31(36)28-19(2)20(3)38-30(28)32-27(35)18-33-15-16-34-25-14-13-22(21-9-6-5-7-10-21)17-24(25)23-11-8-12-26(33)29(23)34/h13-14,17,21,26H,4-12,15-16,18H2,1-3H3,(H,32,35)/t26-/m1/s1. The maximum absolute atomic E-state index is 13.3. The number of fused-ring (bicyclic) bond motifs is 3. The summed E-state index contributed by atoms with van der Waals surface area (Å²) in [5.74, 6) is 0.283. The molecule has 1 saturated carbocycles. The molecule has 2 aliphatic carbocycles. The molecule has 1 aromatic carbocycles. The predicted octanol–water partition coefficient (Wildman–Crippen LogP) is 6.88. The molecular formula is C31H39N3O3S. The Hall–Kier alpha value is -2.64. The van der Waals surface area contributed by atoms with Crippen molar-refractivity contribution in [2.45, 2.75) is 90.6 Å². The fraction of sp³-hybridized carbons (Fsp3) is 0.548. The van der Waals surface area contributed by atoms with Crippen molar-refractivity contribution in [1.82, 2.24) is 9.47 Å². The van der Waals surface area contributed by atoms with E-state index >= 15 is 0 Å². The number of aryl methyl sites for hydroxylation is 2. The Morgan fingerprint density at radius 2 is 1.89 bits per heavy atom. The molecule has 3 heterocycles. The van der Waals surface area contributed by atoms with Crippen LogP contribution in [-0.4, -0.2) is 41.0 Å². The van der Waals surface area contributed by atoms with Gasteiger partial charge < -0.3 is 14.6 Å².